The van der Waals surface area contributed by atoms with E-state index < -0.39 is 0 Å². The van der Waals surface area contributed by atoms with Crippen LogP contribution in [0.2, 0.25) is 0 Å². The molecular weight excluding hydrogens is 366 g/mol. The van der Waals surface area contributed by atoms with Crippen LogP contribution in [0.25, 0.3) is 10.6 Å². The summed E-state index contributed by atoms with van der Waals surface area (Å²) in [7, 11) is 0. The smallest absolute Gasteiger partial charge is 0.346 e. The molecule has 1 N–H and O–H groups in total. The molecule has 9 nitrogen and oxygen atoms in total. The normalized spacial score (nSPS) is 12.4. The van der Waals surface area contributed by atoms with Crippen LogP contribution in [-0.2, 0) is 11.3 Å². The minimum absolute atomic E-state index is 0.162. The van der Waals surface area contributed by atoms with Gasteiger partial charge in [-0.3, -0.25) is 4.79 Å². The van der Waals surface area contributed by atoms with Crippen LogP contribution in [0.1, 0.15) is 24.5 Å². The number of benzene rings is 1. The molecule has 0 aliphatic carbocycles. The Hall–Kier alpha value is -3.27. The number of nitrogens with one attached hydrogen (secondary N) is 1. The first kappa shape index (κ1) is 17.2. The SMILES string of the molecule is Cc1nn(CC(=O)NC(C)c2cn3ncsc3n2)c(=O)n1-c1ccccc1. The van der Waals surface area contributed by atoms with Crippen molar-refractivity contribution < 1.29 is 4.79 Å². The highest BCUT2D eigenvalue weighted by atomic mass is 32.1. The van der Waals surface area contributed by atoms with Crippen LogP contribution in [0.3, 0.4) is 0 Å². The van der Waals surface area contributed by atoms with Gasteiger partial charge >= 0.3 is 5.69 Å². The summed E-state index contributed by atoms with van der Waals surface area (Å²) < 4.78 is 4.31. The summed E-state index contributed by atoms with van der Waals surface area (Å²) in [5.41, 5.74) is 2.77. The van der Waals surface area contributed by atoms with Crippen molar-refractivity contribution in [3.05, 3.63) is 64.0 Å². The summed E-state index contributed by atoms with van der Waals surface area (Å²) >= 11 is 1.42. The van der Waals surface area contributed by atoms with Crippen LogP contribution in [0.5, 0.6) is 0 Å². The molecule has 1 amide bonds. The van der Waals surface area contributed by atoms with Gasteiger partial charge in [0.25, 0.3) is 0 Å². The molecule has 10 heteroatoms. The average Bonchev–Trinajstić information content (AvgIpc) is 3.30. The zero-order valence-corrected chi connectivity index (χ0v) is 15.6. The number of aromatic nitrogens is 6. The van der Waals surface area contributed by atoms with Crippen molar-refractivity contribution in [2.24, 2.45) is 0 Å². The summed E-state index contributed by atoms with van der Waals surface area (Å²) in [6.07, 6.45) is 1.78. The lowest BCUT2D eigenvalue weighted by molar-refractivity contribution is -0.122. The van der Waals surface area contributed by atoms with Gasteiger partial charge in [0.15, 0.2) is 0 Å². The van der Waals surface area contributed by atoms with E-state index in [1.54, 1.807) is 23.1 Å². The predicted molar refractivity (Wildman–Crippen MR) is 100.0 cm³/mol. The highest BCUT2D eigenvalue weighted by Crippen LogP contribution is 2.15. The molecule has 0 aliphatic heterocycles. The Labute approximate surface area is 157 Å². The Bertz CT molecular complexity index is 1130. The van der Waals surface area contributed by atoms with E-state index in [-0.39, 0.29) is 24.2 Å². The molecule has 0 fully saturated rings. The van der Waals surface area contributed by atoms with E-state index in [1.165, 1.54) is 15.9 Å². The number of carbonyl (C=O) groups excluding carboxylic acids is 1. The number of fused-ring (bicyclic) bond motifs is 1. The van der Waals surface area contributed by atoms with Crippen molar-refractivity contribution in [1.29, 1.82) is 0 Å². The Morgan fingerprint density at radius 3 is 2.81 bits per heavy atom. The first-order chi connectivity index (χ1) is 13.0. The number of imidazole rings is 1. The Kier molecular flexibility index (Phi) is 4.32. The molecule has 0 spiro atoms. The van der Waals surface area contributed by atoms with Gasteiger partial charge < -0.3 is 5.32 Å². The van der Waals surface area contributed by atoms with Crippen molar-refractivity contribution in [1.82, 2.24) is 34.3 Å². The molecule has 138 valence electrons. The second kappa shape index (κ2) is 6.80. The summed E-state index contributed by atoms with van der Waals surface area (Å²) in [5, 5.41) is 11.2. The molecule has 0 saturated carbocycles. The van der Waals surface area contributed by atoms with Crippen LogP contribution in [0.4, 0.5) is 0 Å². The Morgan fingerprint density at radius 1 is 1.30 bits per heavy atom. The largest absolute Gasteiger partial charge is 0.351 e. The van der Waals surface area contributed by atoms with Gasteiger partial charge in [-0.25, -0.2) is 23.5 Å². The standard InChI is InChI=1S/C17H17N7O2S/c1-11(14-8-22-16(20-14)27-10-18-22)19-15(25)9-23-17(26)24(12(2)21-23)13-6-4-3-5-7-13/h3-8,10-11H,9H2,1-2H3,(H,19,25). The molecule has 27 heavy (non-hydrogen) atoms. The second-order valence-corrected chi connectivity index (χ2v) is 6.89. The maximum Gasteiger partial charge on any atom is 0.351 e. The van der Waals surface area contributed by atoms with Crippen LogP contribution in [0.15, 0.2) is 46.8 Å². The molecule has 1 unspecified atom stereocenters. The fraction of sp³-hybridized carbons (Fsp3) is 0.235. The van der Waals surface area contributed by atoms with Gasteiger partial charge in [0.2, 0.25) is 10.9 Å². The van der Waals surface area contributed by atoms with Crippen LogP contribution in [0, 0.1) is 6.92 Å². The van der Waals surface area contributed by atoms with Gasteiger partial charge in [-0.1, -0.05) is 29.5 Å². The fourth-order valence-corrected chi connectivity index (χ4v) is 3.46. The third-order valence-electron chi connectivity index (χ3n) is 4.13. The van der Waals surface area contributed by atoms with Crippen molar-refractivity contribution in [2.45, 2.75) is 26.4 Å². The number of para-hydroxylation sites is 1. The third kappa shape index (κ3) is 3.26. The van der Waals surface area contributed by atoms with E-state index in [0.717, 1.165) is 9.64 Å². The lowest BCUT2D eigenvalue weighted by atomic mass is 10.2. The molecular formula is C17H17N7O2S. The Balaban J connectivity index is 1.50. The van der Waals surface area contributed by atoms with E-state index in [4.69, 9.17) is 0 Å². The number of carbonyl (C=O) groups is 1. The van der Waals surface area contributed by atoms with E-state index in [9.17, 15) is 9.59 Å². The van der Waals surface area contributed by atoms with Gasteiger partial charge in [-0.15, -0.1) is 0 Å². The topological polar surface area (TPSA) is 99.1 Å². The monoisotopic (exact) mass is 383 g/mol. The predicted octanol–water partition coefficient (Wildman–Crippen LogP) is 1.32. The first-order valence-corrected chi connectivity index (χ1v) is 9.21. The number of hydrogen-bond acceptors (Lipinski definition) is 6. The third-order valence-corrected chi connectivity index (χ3v) is 4.82. The maximum absolute atomic E-state index is 12.6. The lowest BCUT2D eigenvalue weighted by Crippen LogP contribution is -2.34. The van der Waals surface area contributed by atoms with Crippen LogP contribution < -0.4 is 11.0 Å². The van der Waals surface area contributed by atoms with E-state index in [2.05, 4.69) is 20.5 Å². The molecule has 3 aromatic heterocycles. The van der Waals surface area contributed by atoms with E-state index in [1.807, 2.05) is 37.3 Å². The van der Waals surface area contributed by atoms with Gasteiger partial charge in [0, 0.05) is 0 Å². The summed E-state index contributed by atoms with van der Waals surface area (Å²) in [6, 6.07) is 8.90. The molecule has 0 radical (unpaired) electrons. The van der Waals surface area contributed by atoms with Gasteiger partial charge in [0.05, 0.1) is 23.6 Å². The van der Waals surface area contributed by atoms with Gasteiger partial charge in [0.1, 0.15) is 17.9 Å². The number of hydrogen-bond donors (Lipinski definition) is 1. The highest BCUT2D eigenvalue weighted by Gasteiger charge is 2.17. The highest BCUT2D eigenvalue weighted by molar-refractivity contribution is 7.14. The molecule has 1 atom stereocenters. The second-order valence-electron chi connectivity index (χ2n) is 6.08. The average molecular weight is 383 g/mol. The van der Waals surface area contributed by atoms with Crippen molar-refractivity contribution in [3.8, 4) is 5.69 Å². The molecule has 4 aromatic rings. The van der Waals surface area contributed by atoms with Crippen molar-refractivity contribution in [2.75, 3.05) is 0 Å². The van der Waals surface area contributed by atoms with Crippen molar-refractivity contribution in [3.63, 3.8) is 0 Å². The molecule has 3 heterocycles. The Morgan fingerprint density at radius 2 is 2.07 bits per heavy atom. The summed E-state index contributed by atoms with van der Waals surface area (Å²) in [6.45, 7) is 3.40. The zero-order valence-electron chi connectivity index (χ0n) is 14.7. The first-order valence-electron chi connectivity index (χ1n) is 8.33. The number of nitrogens with zero attached hydrogens (tertiary/aromatic N) is 6. The molecule has 0 bridgehead atoms. The molecule has 0 aliphatic rings. The van der Waals surface area contributed by atoms with Crippen molar-refractivity contribution >= 4 is 22.2 Å². The lowest BCUT2D eigenvalue weighted by Gasteiger charge is -2.10. The molecule has 0 saturated heterocycles. The van der Waals surface area contributed by atoms with Gasteiger partial charge in [-0.2, -0.15) is 10.2 Å². The number of aryl methyl sites for hydroxylation is 1. The van der Waals surface area contributed by atoms with E-state index in [0.29, 0.717) is 17.2 Å². The number of rotatable bonds is 5. The van der Waals surface area contributed by atoms with E-state index >= 15 is 0 Å². The maximum atomic E-state index is 12.6. The molecule has 1 aromatic carbocycles. The summed E-state index contributed by atoms with van der Waals surface area (Å²) in [4.78, 5) is 30.2. The fourth-order valence-electron chi connectivity index (χ4n) is 2.85. The number of amides is 1. The molecule has 4 rings (SSSR count). The van der Waals surface area contributed by atoms with Crippen LogP contribution >= 0.6 is 11.3 Å². The summed E-state index contributed by atoms with van der Waals surface area (Å²) in [5.74, 6) is 0.207. The minimum Gasteiger partial charge on any atom is -0.346 e. The van der Waals surface area contributed by atoms with Gasteiger partial charge in [-0.05, 0) is 26.0 Å². The quantitative estimate of drug-likeness (QED) is 0.560. The minimum atomic E-state index is -0.354. The van der Waals surface area contributed by atoms with Crippen LogP contribution in [-0.4, -0.2) is 34.9 Å². The zero-order chi connectivity index (χ0) is 19.0.